The van der Waals surface area contributed by atoms with E-state index in [0.717, 1.165) is 44.1 Å². The first kappa shape index (κ1) is 11.7. The van der Waals surface area contributed by atoms with Gasteiger partial charge in [-0.3, -0.25) is 4.90 Å². The molecule has 4 nitrogen and oxygen atoms in total. The Bertz CT molecular complexity index is 524. The minimum atomic E-state index is 0.951. The molecule has 2 aromatic rings. The smallest absolute Gasteiger partial charge is 0.123 e. The lowest BCUT2D eigenvalue weighted by Gasteiger charge is -2.18. The van der Waals surface area contributed by atoms with Gasteiger partial charge in [0, 0.05) is 20.1 Å². The van der Waals surface area contributed by atoms with Crippen molar-refractivity contribution in [3.63, 3.8) is 0 Å². The highest BCUT2D eigenvalue weighted by Gasteiger charge is 2.13. The molecule has 0 saturated carbocycles. The quantitative estimate of drug-likeness (QED) is 0.866. The molecule has 0 atom stereocenters. The Labute approximate surface area is 108 Å². The molecule has 0 aliphatic carbocycles. The van der Waals surface area contributed by atoms with Gasteiger partial charge in [-0.15, -0.1) is 0 Å². The maximum absolute atomic E-state index is 4.74. The summed E-state index contributed by atoms with van der Waals surface area (Å²) >= 11 is 0. The largest absolute Gasteiger partial charge is 0.330 e. The molecular weight excluding hydrogens is 224 g/mol. The number of aromatic nitrogens is 2. The van der Waals surface area contributed by atoms with E-state index in [0.29, 0.717) is 0 Å². The second-order valence-electron chi connectivity index (χ2n) is 4.96. The van der Waals surface area contributed by atoms with Crippen LogP contribution >= 0.6 is 0 Å². The van der Waals surface area contributed by atoms with E-state index in [-0.39, 0.29) is 0 Å². The number of rotatable bonds is 2. The van der Waals surface area contributed by atoms with Crippen LogP contribution < -0.4 is 5.32 Å². The van der Waals surface area contributed by atoms with Crippen LogP contribution in [0.4, 0.5) is 0 Å². The van der Waals surface area contributed by atoms with Crippen LogP contribution in [0.3, 0.4) is 0 Å². The first-order chi connectivity index (χ1) is 8.84. The summed E-state index contributed by atoms with van der Waals surface area (Å²) in [6, 6.07) is 8.34. The molecule has 0 spiro atoms. The molecule has 96 valence electrons. The molecule has 18 heavy (non-hydrogen) atoms. The molecule has 4 heteroatoms. The summed E-state index contributed by atoms with van der Waals surface area (Å²) in [6.45, 7) is 5.45. The predicted molar refractivity (Wildman–Crippen MR) is 73.5 cm³/mol. The third-order valence-corrected chi connectivity index (χ3v) is 3.68. The molecule has 0 unspecified atom stereocenters. The third kappa shape index (κ3) is 2.26. The Kier molecular flexibility index (Phi) is 3.30. The summed E-state index contributed by atoms with van der Waals surface area (Å²) in [7, 11) is 2.11. The van der Waals surface area contributed by atoms with Crippen molar-refractivity contribution in [1.29, 1.82) is 0 Å². The number of aryl methyl sites for hydroxylation is 1. The van der Waals surface area contributed by atoms with Crippen LogP contribution in [0.2, 0.25) is 0 Å². The zero-order chi connectivity index (χ0) is 12.4. The van der Waals surface area contributed by atoms with Gasteiger partial charge in [0.1, 0.15) is 5.82 Å². The van der Waals surface area contributed by atoms with Crippen LogP contribution in [-0.4, -0.2) is 40.6 Å². The van der Waals surface area contributed by atoms with Crippen molar-refractivity contribution in [3.05, 3.63) is 30.1 Å². The van der Waals surface area contributed by atoms with Crippen molar-refractivity contribution in [2.24, 2.45) is 7.05 Å². The maximum Gasteiger partial charge on any atom is 0.123 e. The minimum Gasteiger partial charge on any atom is -0.330 e. The Hall–Kier alpha value is -1.39. The van der Waals surface area contributed by atoms with Gasteiger partial charge < -0.3 is 9.88 Å². The van der Waals surface area contributed by atoms with Crippen LogP contribution in [0, 0.1) is 0 Å². The van der Waals surface area contributed by atoms with Crippen LogP contribution in [0.1, 0.15) is 12.2 Å². The molecule has 2 heterocycles. The van der Waals surface area contributed by atoms with Gasteiger partial charge in [-0.05, 0) is 31.6 Å². The Morgan fingerprint density at radius 1 is 1.22 bits per heavy atom. The third-order valence-electron chi connectivity index (χ3n) is 3.68. The first-order valence-electron chi connectivity index (χ1n) is 6.68. The molecule has 1 aromatic heterocycles. The topological polar surface area (TPSA) is 33.1 Å². The average molecular weight is 244 g/mol. The van der Waals surface area contributed by atoms with Crippen molar-refractivity contribution in [3.8, 4) is 0 Å². The highest BCUT2D eigenvalue weighted by molar-refractivity contribution is 5.75. The number of hydrogen-bond donors (Lipinski definition) is 1. The van der Waals surface area contributed by atoms with E-state index < -0.39 is 0 Å². The molecule has 0 amide bonds. The van der Waals surface area contributed by atoms with E-state index in [4.69, 9.17) is 4.98 Å². The van der Waals surface area contributed by atoms with Crippen molar-refractivity contribution >= 4 is 11.0 Å². The van der Waals surface area contributed by atoms with Crippen LogP contribution in [0.5, 0.6) is 0 Å². The number of imidazole rings is 1. The minimum absolute atomic E-state index is 0.951. The summed E-state index contributed by atoms with van der Waals surface area (Å²) in [6.07, 6.45) is 1.23. The average Bonchev–Trinajstić information content (AvgIpc) is 2.58. The molecule has 1 aromatic carbocycles. The van der Waals surface area contributed by atoms with Crippen molar-refractivity contribution in [2.75, 3.05) is 26.2 Å². The SMILES string of the molecule is Cn1c(CN2CCCNCC2)nc2ccccc21. The van der Waals surface area contributed by atoms with E-state index in [2.05, 4.69) is 46.1 Å². The number of nitrogens with zero attached hydrogens (tertiary/aromatic N) is 3. The highest BCUT2D eigenvalue weighted by atomic mass is 15.2. The monoisotopic (exact) mass is 244 g/mol. The summed E-state index contributed by atoms with van der Waals surface area (Å²) in [4.78, 5) is 7.23. The molecule has 1 N–H and O–H groups in total. The van der Waals surface area contributed by atoms with Gasteiger partial charge in [-0.2, -0.15) is 0 Å². The van der Waals surface area contributed by atoms with Crippen LogP contribution in [0.15, 0.2) is 24.3 Å². The number of hydrogen-bond acceptors (Lipinski definition) is 3. The van der Waals surface area contributed by atoms with Gasteiger partial charge in [-0.1, -0.05) is 12.1 Å². The zero-order valence-corrected chi connectivity index (χ0v) is 10.9. The molecule has 1 aliphatic rings. The van der Waals surface area contributed by atoms with Crippen molar-refractivity contribution < 1.29 is 0 Å². The maximum atomic E-state index is 4.74. The fourth-order valence-electron chi connectivity index (χ4n) is 2.60. The zero-order valence-electron chi connectivity index (χ0n) is 10.9. The van der Waals surface area contributed by atoms with E-state index in [1.54, 1.807) is 0 Å². The lowest BCUT2D eigenvalue weighted by atomic mass is 10.3. The molecule has 0 radical (unpaired) electrons. The number of para-hydroxylation sites is 2. The number of nitrogens with one attached hydrogen (secondary N) is 1. The first-order valence-corrected chi connectivity index (χ1v) is 6.68. The van der Waals surface area contributed by atoms with Gasteiger partial charge in [-0.25, -0.2) is 4.98 Å². The van der Waals surface area contributed by atoms with Gasteiger partial charge in [0.05, 0.1) is 17.6 Å². The molecule has 0 bridgehead atoms. The van der Waals surface area contributed by atoms with E-state index in [9.17, 15) is 0 Å². The predicted octanol–water partition coefficient (Wildman–Crippen LogP) is 1.37. The Balaban J connectivity index is 1.83. The summed E-state index contributed by atoms with van der Waals surface area (Å²) in [5.41, 5.74) is 2.32. The second kappa shape index (κ2) is 5.08. The highest BCUT2D eigenvalue weighted by Crippen LogP contribution is 2.15. The number of benzene rings is 1. The van der Waals surface area contributed by atoms with Gasteiger partial charge in [0.15, 0.2) is 0 Å². The normalized spacial score (nSPS) is 18.1. The van der Waals surface area contributed by atoms with E-state index >= 15 is 0 Å². The number of fused-ring (bicyclic) bond motifs is 1. The van der Waals surface area contributed by atoms with Gasteiger partial charge in [0.25, 0.3) is 0 Å². The fourth-order valence-corrected chi connectivity index (χ4v) is 2.60. The van der Waals surface area contributed by atoms with Crippen LogP contribution in [0.25, 0.3) is 11.0 Å². The second-order valence-corrected chi connectivity index (χ2v) is 4.96. The lowest BCUT2D eigenvalue weighted by molar-refractivity contribution is 0.275. The molecule has 1 aliphatic heterocycles. The Morgan fingerprint density at radius 2 is 2.11 bits per heavy atom. The van der Waals surface area contributed by atoms with E-state index in [1.165, 1.54) is 11.9 Å². The summed E-state index contributed by atoms with van der Waals surface area (Å²) < 4.78 is 2.22. The summed E-state index contributed by atoms with van der Waals surface area (Å²) in [5.74, 6) is 1.16. The van der Waals surface area contributed by atoms with E-state index in [1.807, 2.05) is 0 Å². The van der Waals surface area contributed by atoms with Crippen molar-refractivity contribution in [2.45, 2.75) is 13.0 Å². The molecule has 3 rings (SSSR count). The van der Waals surface area contributed by atoms with Gasteiger partial charge >= 0.3 is 0 Å². The Morgan fingerprint density at radius 3 is 3.00 bits per heavy atom. The van der Waals surface area contributed by atoms with Crippen molar-refractivity contribution in [1.82, 2.24) is 19.8 Å². The lowest BCUT2D eigenvalue weighted by Crippen LogP contribution is -2.28. The molecular formula is C14H20N4. The fraction of sp³-hybridized carbons (Fsp3) is 0.500. The molecule has 1 fully saturated rings. The van der Waals surface area contributed by atoms with Crippen LogP contribution in [-0.2, 0) is 13.6 Å². The standard InChI is InChI=1S/C14H20N4/c1-17-13-6-3-2-5-12(13)16-14(17)11-18-9-4-7-15-8-10-18/h2-3,5-6,15H,4,7-11H2,1H3. The molecule has 1 saturated heterocycles. The summed E-state index contributed by atoms with van der Waals surface area (Å²) in [5, 5.41) is 3.44. The van der Waals surface area contributed by atoms with Gasteiger partial charge in [0.2, 0.25) is 0 Å².